The van der Waals surface area contributed by atoms with Crippen LogP contribution in [-0.2, 0) is 6.42 Å². The Kier molecular flexibility index (Phi) is 8.49. The molecular formula is C16H28N2. The molecule has 1 aromatic heterocycles. The molecule has 1 unspecified atom stereocenters. The highest BCUT2D eigenvalue weighted by atomic mass is 14.9. The van der Waals surface area contributed by atoms with Crippen LogP contribution >= 0.6 is 0 Å². The molecule has 0 aliphatic heterocycles. The molecule has 0 aromatic carbocycles. The molecule has 0 saturated heterocycles. The predicted molar refractivity (Wildman–Crippen MR) is 78.8 cm³/mol. The van der Waals surface area contributed by atoms with Crippen LogP contribution in [0.2, 0.25) is 0 Å². The quantitative estimate of drug-likeness (QED) is 0.634. The first kappa shape index (κ1) is 15.2. The van der Waals surface area contributed by atoms with Crippen LogP contribution in [-0.4, -0.2) is 17.6 Å². The minimum atomic E-state index is 0.642. The zero-order valence-corrected chi connectivity index (χ0v) is 12.0. The Morgan fingerprint density at radius 3 is 2.78 bits per heavy atom. The third kappa shape index (κ3) is 7.44. The summed E-state index contributed by atoms with van der Waals surface area (Å²) in [5.74, 6) is 0. The van der Waals surface area contributed by atoms with Gasteiger partial charge in [-0.2, -0.15) is 0 Å². The highest BCUT2D eigenvalue weighted by molar-refractivity contribution is 5.08. The van der Waals surface area contributed by atoms with Crippen molar-refractivity contribution in [3.63, 3.8) is 0 Å². The van der Waals surface area contributed by atoms with E-state index in [4.69, 9.17) is 0 Å². The molecule has 0 aliphatic carbocycles. The molecule has 0 spiro atoms. The van der Waals surface area contributed by atoms with Gasteiger partial charge in [-0.1, -0.05) is 45.1 Å². The number of hydrogen-bond acceptors (Lipinski definition) is 2. The Morgan fingerprint density at radius 1 is 1.22 bits per heavy atom. The summed E-state index contributed by atoms with van der Waals surface area (Å²) in [5, 5.41) is 3.59. The number of rotatable bonds is 10. The third-order valence-corrected chi connectivity index (χ3v) is 3.37. The van der Waals surface area contributed by atoms with E-state index in [9.17, 15) is 0 Å². The Morgan fingerprint density at radius 2 is 2.06 bits per heavy atom. The largest absolute Gasteiger partial charge is 0.314 e. The Bertz CT molecular complexity index is 284. The van der Waals surface area contributed by atoms with E-state index in [1.54, 1.807) is 0 Å². The van der Waals surface area contributed by atoms with Gasteiger partial charge in [0.2, 0.25) is 0 Å². The smallest absolute Gasteiger partial charge is 0.0300 e. The molecule has 2 nitrogen and oxygen atoms in total. The standard InChI is InChI=1S/C16H28N2/c1-3-4-5-6-7-9-15(2)18-13-11-16-10-8-12-17-14-16/h8,10,12,14-15,18H,3-7,9,11,13H2,1-2H3. The molecule has 0 fully saturated rings. The number of hydrogen-bond donors (Lipinski definition) is 1. The van der Waals surface area contributed by atoms with E-state index < -0.39 is 0 Å². The second-order valence-corrected chi connectivity index (χ2v) is 5.17. The summed E-state index contributed by atoms with van der Waals surface area (Å²) in [5.41, 5.74) is 1.32. The summed E-state index contributed by atoms with van der Waals surface area (Å²) in [6.45, 7) is 5.62. The van der Waals surface area contributed by atoms with Crippen molar-refractivity contribution in [1.82, 2.24) is 10.3 Å². The van der Waals surface area contributed by atoms with E-state index in [0.717, 1.165) is 13.0 Å². The highest BCUT2D eigenvalue weighted by Crippen LogP contribution is 2.07. The molecule has 1 rings (SSSR count). The van der Waals surface area contributed by atoms with Crippen LogP contribution < -0.4 is 5.32 Å². The number of nitrogens with zero attached hydrogens (tertiary/aromatic N) is 1. The fraction of sp³-hybridized carbons (Fsp3) is 0.688. The number of pyridine rings is 1. The molecule has 2 heteroatoms. The lowest BCUT2D eigenvalue weighted by Crippen LogP contribution is -2.28. The Hall–Kier alpha value is -0.890. The second kappa shape index (κ2) is 10.1. The molecule has 102 valence electrons. The summed E-state index contributed by atoms with van der Waals surface area (Å²) >= 11 is 0. The van der Waals surface area contributed by atoms with Crippen LogP contribution in [0, 0.1) is 0 Å². The summed E-state index contributed by atoms with van der Waals surface area (Å²) in [7, 11) is 0. The van der Waals surface area contributed by atoms with E-state index in [2.05, 4.69) is 30.2 Å². The molecule has 0 aliphatic rings. The van der Waals surface area contributed by atoms with E-state index >= 15 is 0 Å². The average Bonchev–Trinajstić information content (AvgIpc) is 2.40. The van der Waals surface area contributed by atoms with Crippen molar-refractivity contribution in [2.45, 2.75) is 64.8 Å². The molecule has 1 aromatic rings. The van der Waals surface area contributed by atoms with Gasteiger partial charge in [0.15, 0.2) is 0 Å². The zero-order chi connectivity index (χ0) is 13.1. The molecule has 1 N–H and O–H groups in total. The second-order valence-electron chi connectivity index (χ2n) is 5.17. The van der Waals surface area contributed by atoms with Crippen molar-refractivity contribution in [3.05, 3.63) is 30.1 Å². The molecule has 1 atom stereocenters. The minimum Gasteiger partial charge on any atom is -0.314 e. The van der Waals surface area contributed by atoms with Crippen LogP contribution in [0.5, 0.6) is 0 Å². The summed E-state index contributed by atoms with van der Waals surface area (Å²) in [4.78, 5) is 4.13. The van der Waals surface area contributed by atoms with E-state index in [1.165, 1.54) is 44.1 Å². The molecular weight excluding hydrogens is 220 g/mol. The van der Waals surface area contributed by atoms with Crippen molar-refractivity contribution >= 4 is 0 Å². The van der Waals surface area contributed by atoms with Crippen molar-refractivity contribution in [1.29, 1.82) is 0 Å². The Balaban J connectivity index is 1.98. The van der Waals surface area contributed by atoms with E-state index in [-0.39, 0.29) is 0 Å². The van der Waals surface area contributed by atoms with Gasteiger partial charge in [-0.05, 0) is 37.9 Å². The SMILES string of the molecule is CCCCCCCC(C)NCCc1cccnc1. The summed E-state index contributed by atoms with van der Waals surface area (Å²) < 4.78 is 0. The molecule has 0 radical (unpaired) electrons. The maximum atomic E-state index is 4.13. The number of aromatic nitrogens is 1. The average molecular weight is 248 g/mol. The first-order valence-corrected chi connectivity index (χ1v) is 7.45. The monoisotopic (exact) mass is 248 g/mol. The minimum absolute atomic E-state index is 0.642. The number of nitrogens with one attached hydrogen (secondary N) is 1. The Labute approximate surface area is 112 Å². The van der Waals surface area contributed by atoms with Gasteiger partial charge in [0, 0.05) is 18.4 Å². The first-order chi connectivity index (χ1) is 8.83. The van der Waals surface area contributed by atoms with Crippen LogP contribution in [0.25, 0.3) is 0 Å². The van der Waals surface area contributed by atoms with Gasteiger partial charge in [-0.25, -0.2) is 0 Å². The van der Waals surface area contributed by atoms with Crippen LogP contribution in [0.1, 0.15) is 57.9 Å². The van der Waals surface area contributed by atoms with Gasteiger partial charge < -0.3 is 5.32 Å². The summed E-state index contributed by atoms with van der Waals surface area (Å²) in [6, 6.07) is 4.79. The van der Waals surface area contributed by atoms with Crippen molar-refractivity contribution in [3.8, 4) is 0 Å². The lowest BCUT2D eigenvalue weighted by molar-refractivity contribution is 0.483. The maximum absolute atomic E-state index is 4.13. The van der Waals surface area contributed by atoms with Gasteiger partial charge in [0.05, 0.1) is 0 Å². The molecule has 1 heterocycles. The number of unbranched alkanes of at least 4 members (excludes halogenated alkanes) is 4. The van der Waals surface area contributed by atoms with Gasteiger partial charge >= 0.3 is 0 Å². The topological polar surface area (TPSA) is 24.9 Å². The third-order valence-electron chi connectivity index (χ3n) is 3.37. The predicted octanol–water partition coefficient (Wildman–Crippen LogP) is 3.96. The van der Waals surface area contributed by atoms with Crippen LogP contribution in [0.3, 0.4) is 0 Å². The van der Waals surface area contributed by atoms with E-state index in [1.807, 2.05) is 18.5 Å². The highest BCUT2D eigenvalue weighted by Gasteiger charge is 2.01. The molecule has 0 saturated carbocycles. The maximum Gasteiger partial charge on any atom is 0.0300 e. The fourth-order valence-corrected chi connectivity index (χ4v) is 2.17. The van der Waals surface area contributed by atoms with E-state index in [0.29, 0.717) is 6.04 Å². The summed E-state index contributed by atoms with van der Waals surface area (Å²) in [6.07, 6.45) is 13.0. The lowest BCUT2D eigenvalue weighted by Gasteiger charge is -2.13. The molecule has 0 amide bonds. The van der Waals surface area contributed by atoms with Crippen molar-refractivity contribution < 1.29 is 0 Å². The molecule has 0 bridgehead atoms. The van der Waals surface area contributed by atoms with Crippen molar-refractivity contribution in [2.24, 2.45) is 0 Å². The van der Waals surface area contributed by atoms with Crippen LogP contribution in [0.15, 0.2) is 24.5 Å². The van der Waals surface area contributed by atoms with Gasteiger partial charge in [-0.3, -0.25) is 4.98 Å². The first-order valence-electron chi connectivity index (χ1n) is 7.45. The zero-order valence-electron chi connectivity index (χ0n) is 12.0. The fourth-order valence-electron chi connectivity index (χ4n) is 2.17. The van der Waals surface area contributed by atoms with Crippen molar-refractivity contribution in [2.75, 3.05) is 6.54 Å². The van der Waals surface area contributed by atoms with Crippen LogP contribution in [0.4, 0.5) is 0 Å². The van der Waals surface area contributed by atoms with Gasteiger partial charge in [-0.15, -0.1) is 0 Å². The molecule has 18 heavy (non-hydrogen) atoms. The lowest BCUT2D eigenvalue weighted by atomic mass is 10.1. The van der Waals surface area contributed by atoms with Gasteiger partial charge in [0.25, 0.3) is 0 Å². The normalized spacial score (nSPS) is 12.6. The van der Waals surface area contributed by atoms with Gasteiger partial charge in [0.1, 0.15) is 0 Å².